The predicted molar refractivity (Wildman–Crippen MR) is 160 cm³/mol. The second-order valence-electron chi connectivity index (χ2n) is 9.34. The first-order valence-corrected chi connectivity index (χ1v) is 13.3. The highest BCUT2D eigenvalue weighted by Crippen LogP contribution is 2.45. The van der Waals surface area contributed by atoms with Gasteiger partial charge in [0.25, 0.3) is 0 Å². The van der Waals surface area contributed by atoms with Crippen LogP contribution < -0.4 is 31.6 Å². The SMILES string of the molecule is CO[C@@H](Cc1ccc(OCCN2c3ccccc3Oc3ccccc32)cc1)C(=O)O.NC(N)=NCCCC(N)C(=O)O. The van der Waals surface area contributed by atoms with Gasteiger partial charge in [0.15, 0.2) is 23.6 Å². The number of rotatable bonds is 13. The minimum Gasteiger partial charge on any atom is -0.492 e. The minimum atomic E-state index is -1.00. The van der Waals surface area contributed by atoms with Crippen LogP contribution in [0, 0.1) is 0 Å². The van der Waals surface area contributed by atoms with Crippen LogP contribution in [-0.4, -0.2) is 67.1 Å². The highest BCUT2D eigenvalue weighted by Gasteiger charge is 2.23. The van der Waals surface area contributed by atoms with Crippen LogP contribution in [0.25, 0.3) is 0 Å². The molecule has 0 saturated carbocycles. The van der Waals surface area contributed by atoms with Crippen LogP contribution in [0.4, 0.5) is 11.4 Å². The molecule has 0 aromatic heterocycles. The highest BCUT2D eigenvalue weighted by atomic mass is 16.5. The Morgan fingerprint density at radius 1 is 0.929 bits per heavy atom. The zero-order valence-corrected chi connectivity index (χ0v) is 23.4. The minimum absolute atomic E-state index is 0.0129. The molecule has 4 rings (SSSR count). The molecule has 224 valence electrons. The highest BCUT2D eigenvalue weighted by molar-refractivity contribution is 5.78. The van der Waals surface area contributed by atoms with E-state index >= 15 is 0 Å². The lowest BCUT2D eigenvalue weighted by Gasteiger charge is -2.32. The van der Waals surface area contributed by atoms with Gasteiger partial charge in [-0.3, -0.25) is 9.79 Å². The molecule has 1 aliphatic rings. The number of guanidine groups is 1. The van der Waals surface area contributed by atoms with Crippen molar-refractivity contribution in [2.75, 3.05) is 31.7 Å². The van der Waals surface area contributed by atoms with Crippen LogP contribution in [0.2, 0.25) is 0 Å². The van der Waals surface area contributed by atoms with Crippen molar-refractivity contribution in [1.82, 2.24) is 0 Å². The smallest absolute Gasteiger partial charge is 0.333 e. The summed E-state index contributed by atoms with van der Waals surface area (Å²) in [5.41, 5.74) is 18.2. The number of hydrogen-bond donors (Lipinski definition) is 5. The van der Waals surface area contributed by atoms with E-state index in [0.717, 1.165) is 34.2 Å². The monoisotopic (exact) mass is 579 g/mol. The molecule has 0 fully saturated rings. The van der Waals surface area contributed by atoms with Crippen molar-refractivity contribution in [3.05, 3.63) is 78.4 Å². The van der Waals surface area contributed by atoms with Gasteiger partial charge in [-0.1, -0.05) is 36.4 Å². The molecule has 8 N–H and O–H groups in total. The van der Waals surface area contributed by atoms with Gasteiger partial charge >= 0.3 is 11.9 Å². The molecule has 3 aromatic carbocycles. The van der Waals surface area contributed by atoms with E-state index in [9.17, 15) is 9.59 Å². The third kappa shape index (κ3) is 9.39. The van der Waals surface area contributed by atoms with Crippen molar-refractivity contribution < 1.29 is 34.0 Å². The van der Waals surface area contributed by atoms with Gasteiger partial charge in [0.05, 0.1) is 17.9 Å². The first-order chi connectivity index (χ1) is 20.2. The number of carboxylic acid groups (broad SMARTS) is 2. The topological polar surface area (TPSA) is 196 Å². The number of benzene rings is 3. The van der Waals surface area contributed by atoms with Gasteiger partial charge in [0.1, 0.15) is 18.4 Å². The van der Waals surface area contributed by atoms with Crippen LogP contribution in [-0.2, 0) is 20.7 Å². The van der Waals surface area contributed by atoms with E-state index in [1.54, 1.807) is 0 Å². The summed E-state index contributed by atoms with van der Waals surface area (Å²) in [6.07, 6.45) is 0.420. The molecular formula is C30H37N5O7. The lowest BCUT2D eigenvalue weighted by atomic mass is 10.1. The molecule has 1 heterocycles. The van der Waals surface area contributed by atoms with E-state index < -0.39 is 24.1 Å². The molecule has 12 nitrogen and oxygen atoms in total. The van der Waals surface area contributed by atoms with Gasteiger partial charge in [-0.25, -0.2) is 4.79 Å². The Bertz CT molecular complexity index is 1300. The first-order valence-electron chi connectivity index (χ1n) is 13.3. The quantitative estimate of drug-likeness (QED) is 0.113. The zero-order chi connectivity index (χ0) is 30.5. The number of para-hydroxylation sites is 4. The fourth-order valence-corrected chi connectivity index (χ4v) is 4.13. The number of fused-ring (bicyclic) bond motifs is 2. The van der Waals surface area contributed by atoms with Crippen LogP contribution >= 0.6 is 0 Å². The third-order valence-corrected chi connectivity index (χ3v) is 6.30. The molecule has 3 aromatic rings. The number of hydrogen-bond acceptors (Lipinski definition) is 8. The molecule has 0 aliphatic carbocycles. The van der Waals surface area contributed by atoms with Gasteiger partial charge in [-0.15, -0.1) is 0 Å². The summed E-state index contributed by atoms with van der Waals surface area (Å²) in [5, 5.41) is 17.5. The van der Waals surface area contributed by atoms with Crippen molar-refractivity contribution in [2.24, 2.45) is 22.2 Å². The second-order valence-corrected chi connectivity index (χ2v) is 9.34. The molecular weight excluding hydrogens is 542 g/mol. The second kappa shape index (κ2) is 15.8. The molecule has 2 atom stereocenters. The summed E-state index contributed by atoms with van der Waals surface area (Å²) in [5.74, 6) is 0.429. The first kappa shape index (κ1) is 31.7. The maximum Gasteiger partial charge on any atom is 0.333 e. The van der Waals surface area contributed by atoms with Crippen LogP contribution in [0.5, 0.6) is 17.2 Å². The van der Waals surface area contributed by atoms with E-state index in [2.05, 4.69) is 9.89 Å². The predicted octanol–water partition coefficient (Wildman–Crippen LogP) is 3.10. The number of nitrogens with two attached hydrogens (primary N) is 3. The summed E-state index contributed by atoms with van der Waals surface area (Å²) >= 11 is 0. The van der Waals surface area contributed by atoms with Crippen LogP contribution in [0.3, 0.4) is 0 Å². The maximum atomic E-state index is 11.1. The van der Waals surface area contributed by atoms with Gasteiger partial charge < -0.3 is 46.5 Å². The fourth-order valence-electron chi connectivity index (χ4n) is 4.13. The largest absolute Gasteiger partial charge is 0.492 e. The number of aliphatic imine (C=N–C) groups is 1. The Morgan fingerprint density at radius 2 is 1.52 bits per heavy atom. The molecule has 1 aliphatic heterocycles. The summed E-state index contributed by atoms with van der Waals surface area (Å²) in [6.45, 7) is 1.56. The Labute approximate surface area is 244 Å². The van der Waals surface area contributed by atoms with Crippen molar-refractivity contribution in [3.63, 3.8) is 0 Å². The molecule has 42 heavy (non-hydrogen) atoms. The lowest BCUT2D eigenvalue weighted by molar-refractivity contribution is -0.148. The number of anilines is 2. The standard InChI is InChI=1S/C24H23NO5.C6H14N4O2/c1-28-23(24(26)27)16-17-10-12-18(13-11-17)29-15-14-25-19-6-2-4-8-21(19)30-22-9-5-3-7-20(22)25;7-4(5(11)12)2-1-3-10-6(8)9/h2-13,23H,14-16H2,1H3,(H,26,27);4H,1-3,7H2,(H,11,12)(H4,8,9,10)/t23-;/m0./s1. The number of nitrogens with zero attached hydrogens (tertiary/aromatic N) is 2. The summed E-state index contributed by atoms with van der Waals surface area (Å²) in [4.78, 5) is 27.2. The summed E-state index contributed by atoms with van der Waals surface area (Å²) in [7, 11) is 1.40. The van der Waals surface area contributed by atoms with Crippen molar-refractivity contribution >= 4 is 29.3 Å². The van der Waals surface area contributed by atoms with Gasteiger partial charge in [0.2, 0.25) is 0 Å². The van der Waals surface area contributed by atoms with E-state index in [4.69, 9.17) is 41.6 Å². The van der Waals surface area contributed by atoms with E-state index in [1.807, 2.05) is 72.8 Å². The molecule has 12 heteroatoms. The number of aliphatic carboxylic acids is 2. The number of methoxy groups -OCH3 is 1. The fraction of sp³-hybridized carbons (Fsp3) is 0.300. The Hall–Kier alpha value is -4.81. The Balaban J connectivity index is 0.000000343. The number of carboxylic acids is 2. The maximum absolute atomic E-state index is 11.1. The van der Waals surface area contributed by atoms with Gasteiger partial charge in [-0.05, 0) is 54.8 Å². The molecule has 0 radical (unpaired) electrons. The Morgan fingerprint density at radius 3 is 2.05 bits per heavy atom. The number of ether oxygens (including phenoxy) is 3. The van der Waals surface area contributed by atoms with E-state index in [-0.39, 0.29) is 5.96 Å². The Kier molecular flexibility index (Phi) is 12.0. The van der Waals surface area contributed by atoms with Gasteiger partial charge in [-0.2, -0.15) is 0 Å². The normalized spacial score (nSPS) is 12.8. The average Bonchev–Trinajstić information content (AvgIpc) is 2.98. The van der Waals surface area contributed by atoms with E-state index in [1.165, 1.54) is 7.11 Å². The van der Waals surface area contributed by atoms with Crippen LogP contribution in [0.15, 0.2) is 77.8 Å². The third-order valence-electron chi connectivity index (χ3n) is 6.30. The van der Waals surface area contributed by atoms with Crippen molar-refractivity contribution in [3.8, 4) is 17.2 Å². The average molecular weight is 580 g/mol. The molecule has 1 unspecified atom stereocenters. The summed E-state index contributed by atoms with van der Waals surface area (Å²) in [6, 6.07) is 22.5. The number of carbonyl (C=O) groups is 2. The van der Waals surface area contributed by atoms with E-state index in [0.29, 0.717) is 39.0 Å². The van der Waals surface area contributed by atoms with Crippen LogP contribution in [0.1, 0.15) is 18.4 Å². The lowest BCUT2D eigenvalue weighted by Crippen LogP contribution is -2.30. The summed E-state index contributed by atoms with van der Waals surface area (Å²) < 4.78 is 16.9. The zero-order valence-electron chi connectivity index (χ0n) is 23.4. The molecule has 0 bridgehead atoms. The van der Waals surface area contributed by atoms with Crippen molar-refractivity contribution in [2.45, 2.75) is 31.4 Å². The van der Waals surface area contributed by atoms with Crippen molar-refractivity contribution in [1.29, 1.82) is 0 Å². The molecule has 0 amide bonds. The van der Waals surface area contributed by atoms with Gasteiger partial charge in [0, 0.05) is 20.1 Å². The molecule has 0 spiro atoms. The molecule has 0 saturated heterocycles.